The van der Waals surface area contributed by atoms with Gasteiger partial charge >= 0.3 is 0 Å². The van der Waals surface area contributed by atoms with E-state index in [0.29, 0.717) is 5.92 Å². The molecule has 0 radical (unpaired) electrons. The first-order valence-corrected chi connectivity index (χ1v) is 5.72. The standard InChI is InChI=1S/C12H19NO.C2H6/c1-7-11(10(5)14)12(9(3)4)13(6)8-2;1-2/h7-9H,2,5H2,1,3-4,6H3;1-2H3/p+1/b11-7-,13-12?;. The van der Waals surface area contributed by atoms with Gasteiger partial charge in [0.15, 0.2) is 11.9 Å². The van der Waals surface area contributed by atoms with Gasteiger partial charge in [-0.2, -0.15) is 0 Å². The third kappa shape index (κ3) is 4.96. The number of allylic oxidation sites excluding steroid dienone is 2. The Balaban J connectivity index is 0. The van der Waals surface area contributed by atoms with Gasteiger partial charge in [0.2, 0.25) is 0 Å². The van der Waals surface area contributed by atoms with Crippen LogP contribution in [0.25, 0.3) is 0 Å². The molecule has 0 bridgehead atoms. The van der Waals surface area contributed by atoms with Crippen LogP contribution < -0.4 is 0 Å². The Bertz CT molecular complexity index is 296. The lowest BCUT2D eigenvalue weighted by Crippen LogP contribution is -2.22. The maximum Gasteiger partial charge on any atom is 0.194 e. The van der Waals surface area contributed by atoms with Crippen LogP contribution in [-0.4, -0.2) is 22.4 Å². The zero-order valence-electron chi connectivity index (χ0n) is 11.5. The van der Waals surface area contributed by atoms with Crippen LogP contribution in [0, 0.1) is 5.92 Å². The zero-order valence-corrected chi connectivity index (χ0v) is 11.5. The molecule has 2 heteroatoms. The normalized spacial score (nSPS) is 12.6. The van der Waals surface area contributed by atoms with Gasteiger partial charge in [0.25, 0.3) is 0 Å². The van der Waals surface area contributed by atoms with Gasteiger partial charge in [-0.15, -0.1) is 0 Å². The molecule has 0 aromatic heterocycles. The summed E-state index contributed by atoms with van der Waals surface area (Å²) in [4.78, 5) is 0. The van der Waals surface area contributed by atoms with Gasteiger partial charge in [-0.25, -0.2) is 4.58 Å². The summed E-state index contributed by atoms with van der Waals surface area (Å²) < 4.78 is 1.90. The maximum absolute atomic E-state index is 9.43. The summed E-state index contributed by atoms with van der Waals surface area (Å²) >= 11 is 0. The van der Waals surface area contributed by atoms with E-state index in [1.54, 1.807) is 6.20 Å². The quantitative estimate of drug-likeness (QED) is 0.333. The van der Waals surface area contributed by atoms with Gasteiger partial charge in [-0.05, 0) is 13.5 Å². The minimum atomic E-state index is 0.102. The topological polar surface area (TPSA) is 23.2 Å². The van der Waals surface area contributed by atoms with Crippen molar-refractivity contribution in [2.24, 2.45) is 5.92 Å². The lowest BCUT2D eigenvalue weighted by atomic mass is 9.98. The Morgan fingerprint density at radius 1 is 1.31 bits per heavy atom. The first kappa shape index (κ1) is 17.1. The van der Waals surface area contributed by atoms with Crippen LogP contribution in [0.3, 0.4) is 0 Å². The van der Waals surface area contributed by atoms with E-state index in [-0.39, 0.29) is 5.76 Å². The van der Waals surface area contributed by atoms with Gasteiger partial charge in [0, 0.05) is 5.92 Å². The van der Waals surface area contributed by atoms with E-state index in [1.165, 1.54) is 0 Å². The molecule has 2 nitrogen and oxygen atoms in total. The van der Waals surface area contributed by atoms with Gasteiger partial charge in [-0.1, -0.05) is 40.3 Å². The molecule has 0 aliphatic rings. The molecule has 0 atom stereocenters. The van der Waals surface area contributed by atoms with Crippen LogP contribution in [0.4, 0.5) is 0 Å². The fourth-order valence-electron chi connectivity index (χ4n) is 1.47. The molecule has 0 aromatic carbocycles. The molecule has 0 rings (SSSR count). The van der Waals surface area contributed by atoms with Crippen molar-refractivity contribution in [2.45, 2.75) is 34.6 Å². The van der Waals surface area contributed by atoms with Crippen LogP contribution in [0.5, 0.6) is 0 Å². The monoisotopic (exact) mass is 224 g/mol. The van der Waals surface area contributed by atoms with Crippen molar-refractivity contribution >= 4 is 5.71 Å². The summed E-state index contributed by atoms with van der Waals surface area (Å²) in [5, 5.41) is 9.43. The molecule has 0 unspecified atom stereocenters. The average molecular weight is 224 g/mol. The number of hydrogen-bond acceptors (Lipinski definition) is 1. The maximum atomic E-state index is 9.43. The predicted molar refractivity (Wildman–Crippen MR) is 73.1 cm³/mol. The minimum absolute atomic E-state index is 0.102. The fraction of sp³-hybridized carbons (Fsp3) is 0.500. The second-order valence-corrected chi connectivity index (χ2v) is 3.48. The molecule has 0 saturated heterocycles. The highest BCUT2D eigenvalue weighted by atomic mass is 16.3. The van der Waals surface area contributed by atoms with Crippen molar-refractivity contribution in [3.05, 3.63) is 36.8 Å². The number of aliphatic hydroxyl groups is 1. The molecule has 0 fully saturated rings. The first-order valence-electron chi connectivity index (χ1n) is 5.72. The van der Waals surface area contributed by atoms with Crippen LogP contribution in [-0.2, 0) is 0 Å². The van der Waals surface area contributed by atoms with E-state index in [9.17, 15) is 5.11 Å². The summed E-state index contributed by atoms with van der Waals surface area (Å²) in [7, 11) is 1.91. The van der Waals surface area contributed by atoms with Gasteiger partial charge in [0.1, 0.15) is 12.8 Å². The first-order chi connectivity index (χ1) is 7.45. The molecular formula is C14H26NO+. The summed E-state index contributed by atoms with van der Waals surface area (Å²) in [6.07, 6.45) is 3.58. The highest BCUT2D eigenvalue weighted by molar-refractivity contribution is 6.00. The highest BCUT2D eigenvalue weighted by Gasteiger charge is 2.21. The molecular weight excluding hydrogens is 198 g/mol. The van der Waals surface area contributed by atoms with E-state index in [0.717, 1.165) is 11.3 Å². The fourth-order valence-corrected chi connectivity index (χ4v) is 1.47. The lowest BCUT2D eigenvalue weighted by molar-refractivity contribution is -0.423. The molecule has 92 valence electrons. The molecule has 0 aliphatic heterocycles. The molecule has 0 aromatic rings. The smallest absolute Gasteiger partial charge is 0.194 e. The van der Waals surface area contributed by atoms with E-state index < -0.39 is 0 Å². The molecule has 0 heterocycles. The Hall–Kier alpha value is -1.31. The van der Waals surface area contributed by atoms with Crippen molar-refractivity contribution in [3.63, 3.8) is 0 Å². The second-order valence-electron chi connectivity index (χ2n) is 3.48. The van der Waals surface area contributed by atoms with Crippen LogP contribution in [0.1, 0.15) is 34.6 Å². The van der Waals surface area contributed by atoms with Gasteiger partial charge in [-0.3, -0.25) is 0 Å². The largest absolute Gasteiger partial charge is 0.508 e. The lowest BCUT2D eigenvalue weighted by Gasteiger charge is -2.10. The molecule has 1 N–H and O–H groups in total. The molecule has 0 saturated carbocycles. The van der Waals surface area contributed by atoms with Crippen molar-refractivity contribution in [2.75, 3.05) is 7.05 Å². The van der Waals surface area contributed by atoms with Gasteiger partial charge < -0.3 is 5.11 Å². The third-order valence-electron chi connectivity index (χ3n) is 2.08. The molecule has 0 spiro atoms. The van der Waals surface area contributed by atoms with Crippen LogP contribution in [0.15, 0.2) is 36.8 Å². The number of rotatable bonds is 4. The van der Waals surface area contributed by atoms with Crippen LogP contribution in [0.2, 0.25) is 0 Å². The predicted octanol–water partition coefficient (Wildman–Crippen LogP) is 3.91. The third-order valence-corrected chi connectivity index (χ3v) is 2.08. The Morgan fingerprint density at radius 2 is 1.75 bits per heavy atom. The van der Waals surface area contributed by atoms with E-state index >= 15 is 0 Å². The molecule has 0 amide bonds. The van der Waals surface area contributed by atoms with Crippen molar-refractivity contribution in [3.8, 4) is 0 Å². The SMILES string of the molecule is C=C[N+](C)=C(/C(=C\C)C(=C)O)C(C)C.CC. The van der Waals surface area contributed by atoms with E-state index in [4.69, 9.17) is 0 Å². The average Bonchev–Trinajstić information content (AvgIpc) is 2.26. The highest BCUT2D eigenvalue weighted by Crippen LogP contribution is 2.13. The number of nitrogens with zero attached hydrogens (tertiary/aromatic N) is 1. The van der Waals surface area contributed by atoms with Gasteiger partial charge in [0.05, 0.1) is 5.57 Å². The second kappa shape index (κ2) is 8.96. The van der Waals surface area contributed by atoms with E-state index in [2.05, 4.69) is 27.0 Å². The van der Waals surface area contributed by atoms with E-state index in [1.807, 2.05) is 38.5 Å². The summed E-state index contributed by atoms with van der Waals surface area (Å²) in [6.45, 7) is 17.3. The molecule has 0 aliphatic carbocycles. The van der Waals surface area contributed by atoms with Crippen LogP contribution >= 0.6 is 0 Å². The minimum Gasteiger partial charge on any atom is -0.508 e. The Kier molecular flexibility index (Phi) is 9.57. The Labute approximate surface area is 100 Å². The molecule has 16 heavy (non-hydrogen) atoms. The zero-order chi connectivity index (χ0) is 13.3. The summed E-state index contributed by atoms with van der Waals surface area (Å²) in [5.41, 5.74) is 1.80. The van der Waals surface area contributed by atoms with Crippen molar-refractivity contribution in [1.29, 1.82) is 0 Å². The van der Waals surface area contributed by atoms with Crippen molar-refractivity contribution in [1.82, 2.24) is 0 Å². The van der Waals surface area contributed by atoms with Crippen molar-refractivity contribution < 1.29 is 9.68 Å². The number of hydrogen-bond donors (Lipinski definition) is 1. The summed E-state index contributed by atoms with van der Waals surface area (Å²) in [5.74, 6) is 0.415. The Morgan fingerprint density at radius 3 is 1.94 bits per heavy atom. The summed E-state index contributed by atoms with van der Waals surface area (Å²) in [6, 6.07) is 0. The number of aliphatic hydroxyl groups excluding tert-OH is 1.